The van der Waals surface area contributed by atoms with E-state index in [1.54, 1.807) is 6.20 Å². The summed E-state index contributed by atoms with van der Waals surface area (Å²) in [6.45, 7) is 7.61. The SMILES string of the molecule is CCNCc1cc(Br)cc(C)c1OCCCn1ccnc1. The molecule has 4 nitrogen and oxygen atoms in total. The second kappa shape index (κ2) is 8.20. The van der Waals surface area contributed by atoms with Gasteiger partial charge in [0.05, 0.1) is 12.9 Å². The molecule has 2 aromatic rings. The van der Waals surface area contributed by atoms with Crippen molar-refractivity contribution in [2.24, 2.45) is 0 Å². The lowest BCUT2D eigenvalue weighted by atomic mass is 10.1. The van der Waals surface area contributed by atoms with Crippen LogP contribution in [-0.4, -0.2) is 22.7 Å². The molecule has 0 atom stereocenters. The van der Waals surface area contributed by atoms with Crippen LogP contribution in [0, 0.1) is 6.92 Å². The van der Waals surface area contributed by atoms with Crippen LogP contribution in [0.2, 0.25) is 0 Å². The van der Waals surface area contributed by atoms with Gasteiger partial charge in [-0.25, -0.2) is 4.98 Å². The predicted octanol–water partition coefficient (Wildman–Crippen LogP) is 3.53. The van der Waals surface area contributed by atoms with Crippen LogP contribution in [0.5, 0.6) is 5.75 Å². The van der Waals surface area contributed by atoms with E-state index in [2.05, 4.69) is 56.8 Å². The molecule has 0 unspecified atom stereocenters. The number of halogens is 1. The molecule has 0 radical (unpaired) electrons. The first-order chi connectivity index (χ1) is 10.2. The van der Waals surface area contributed by atoms with E-state index in [0.29, 0.717) is 6.61 Å². The summed E-state index contributed by atoms with van der Waals surface area (Å²) < 4.78 is 9.19. The van der Waals surface area contributed by atoms with Crippen molar-refractivity contribution < 1.29 is 4.74 Å². The topological polar surface area (TPSA) is 39.1 Å². The van der Waals surface area contributed by atoms with Gasteiger partial charge in [0.2, 0.25) is 0 Å². The summed E-state index contributed by atoms with van der Waals surface area (Å²) in [6, 6.07) is 4.22. The van der Waals surface area contributed by atoms with Crippen molar-refractivity contribution in [3.8, 4) is 5.75 Å². The Labute approximate surface area is 134 Å². The Morgan fingerprint density at radius 3 is 2.95 bits per heavy atom. The van der Waals surface area contributed by atoms with Crippen molar-refractivity contribution in [1.29, 1.82) is 0 Å². The standard InChI is InChI=1S/C16H22BrN3O/c1-3-18-11-14-10-15(17)9-13(2)16(14)21-8-4-6-20-7-5-19-12-20/h5,7,9-10,12,18H,3-4,6,8,11H2,1-2H3. The monoisotopic (exact) mass is 351 g/mol. The number of imidazole rings is 1. The van der Waals surface area contributed by atoms with E-state index in [4.69, 9.17) is 4.74 Å². The van der Waals surface area contributed by atoms with Gasteiger partial charge in [-0.15, -0.1) is 0 Å². The minimum absolute atomic E-state index is 0.708. The first-order valence-corrected chi connectivity index (χ1v) is 8.08. The number of hydrogen-bond donors (Lipinski definition) is 1. The molecule has 1 N–H and O–H groups in total. The first-order valence-electron chi connectivity index (χ1n) is 7.29. The van der Waals surface area contributed by atoms with Gasteiger partial charge in [-0.3, -0.25) is 0 Å². The maximum absolute atomic E-state index is 6.02. The highest BCUT2D eigenvalue weighted by atomic mass is 79.9. The number of hydrogen-bond acceptors (Lipinski definition) is 3. The largest absolute Gasteiger partial charge is 0.493 e. The molecule has 1 aromatic carbocycles. The lowest BCUT2D eigenvalue weighted by Gasteiger charge is -2.15. The van der Waals surface area contributed by atoms with Crippen LogP contribution in [0.25, 0.3) is 0 Å². The number of aryl methyl sites for hydroxylation is 2. The van der Waals surface area contributed by atoms with E-state index in [9.17, 15) is 0 Å². The Morgan fingerprint density at radius 1 is 1.38 bits per heavy atom. The molecular formula is C16H22BrN3O. The van der Waals surface area contributed by atoms with Crippen molar-refractivity contribution in [2.75, 3.05) is 13.2 Å². The second-order valence-corrected chi connectivity index (χ2v) is 5.91. The van der Waals surface area contributed by atoms with Crippen molar-refractivity contribution in [3.05, 3.63) is 46.5 Å². The quantitative estimate of drug-likeness (QED) is 0.739. The molecule has 0 aliphatic carbocycles. The fourth-order valence-corrected chi connectivity index (χ4v) is 2.86. The maximum Gasteiger partial charge on any atom is 0.126 e. The van der Waals surface area contributed by atoms with Gasteiger partial charge < -0.3 is 14.6 Å². The summed E-state index contributed by atoms with van der Waals surface area (Å²) in [5, 5.41) is 3.36. The Morgan fingerprint density at radius 2 is 2.24 bits per heavy atom. The molecule has 0 fully saturated rings. The minimum atomic E-state index is 0.708. The zero-order valence-electron chi connectivity index (χ0n) is 12.6. The fourth-order valence-electron chi connectivity index (χ4n) is 2.24. The number of benzene rings is 1. The highest BCUT2D eigenvalue weighted by molar-refractivity contribution is 9.10. The van der Waals surface area contributed by atoms with Crippen LogP contribution in [0.15, 0.2) is 35.3 Å². The van der Waals surface area contributed by atoms with Gasteiger partial charge in [-0.05, 0) is 37.6 Å². The highest BCUT2D eigenvalue weighted by Gasteiger charge is 2.08. The van der Waals surface area contributed by atoms with Crippen LogP contribution in [0.4, 0.5) is 0 Å². The molecule has 0 saturated carbocycles. The van der Waals surface area contributed by atoms with Crippen LogP contribution >= 0.6 is 15.9 Å². The zero-order valence-corrected chi connectivity index (χ0v) is 14.2. The normalized spacial score (nSPS) is 10.8. The van der Waals surface area contributed by atoms with Gasteiger partial charge in [-0.1, -0.05) is 22.9 Å². The fraction of sp³-hybridized carbons (Fsp3) is 0.438. The summed E-state index contributed by atoms with van der Waals surface area (Å²) >= 11 is 3.55. The summed E-state index contributed by atoms with van der Waals surface area (Å²) in [5.41, 5.74) is 2.37. The lowest BCUT2D eigenvalue weighted by molar-refractivity contribution is 0.296. The van der Waals surface area contributed by atoms with Gasteiger partial charge in [0.1, 0.15) is 5.75 Å². The number of nitrogens with one attached hydrogen (secondary N) is 1. The highest BCUT2D eigenvalue weighted by Crippen LogP contribution is 2.28. The Hall–Kier alpha value is -1.33. The summed E-state index contributed by atoms with van der Waals surface area (Å²) in [5.74, 6) is 1.00. The van der Waals surface area contributed by atoms with Crippen LogP contribution in [0.3, 0.4) is 0 Å². The number of ether oxygens (including phenoxy) is 1. The van der Waals surface area contributed by atoms with E-state index in [0.717, 1.165) is 36.3 Å². The molecule has 1 heterocycles. The van der Waals surface area contributed by atoms with Gasteiger partial charge in [0.25, 0.3) is 0 Å². The zero-order chi connectivity index (χ0) is 15.1. The van der Waals surface area contributed by atoms with E-state index in [1.807, 2.05) is 12.5 Å². The van der Waals surface area contributed by atoms with Crippen molar-refractivity contribution in [2.45, 2.75) is 33.4 Å². The Balaban J connectivity index is 1.94. The molecule has 1 aromatic heterocycles. The van der Waals surface area contributed by atoms with Crippen molar-refractivity contribution in [1.82, 2.24) is 14.9 Å². The third-order valence-electron chi connectivity index (χ3n) is 3.25. The number of nitrogens with zero attached hydrogens (tertiary/aromatic N) is 2. The molecular weight excluding hydrogens is 330 g/mol. The maximum atomic E-state index is 6.02. The molecule has 0 amide bonds. The summed E-state index contributed by atoms with van der Waals surface area (Å²) in [4.78, 5) is 4.04. The summed E-state index contributed by atoms with van der Waals surface area (Å²) in [7, 11) is 0. The lowest BCUT2D eigenvalue weighted by Crippen LogP contribution is -2.14. The van der Waals surface area contributed by atoms with Crippen molar-refractivity contribution in [3.63, 3.8) is 0 Å². The minimum Gasteiger partial charge on any atom is -0.493 e. The molecule has 0 saturated heterocycles. The third kappa shape index (κ3) is 4.86. The summed E-state index contributed by atoms with van der Waals surface area (Å²) in [6.07, 6.45) is 6.57. The smallest absolute Gasteiger partial charge is 0.126 e. The van der Waals surface area contributed by atoms with Crippen LogP contribution in [-0.2, 0) is 13.1 Å². The van der Waals surface area contributed by atoms with Crippen LogP contribution < -0.4 is 10.1 Å². The van der Waals surface area contributed by atoms with Gasteiger partial charge >= 0.3 is 0 Å². The average molecular weight is 352 g/mol. The molecule has 0 spiro atoms. The second-order valence-electron chi connectivity index (χ2n) is 4.99. The van der Waals surface area contributed by atoms with E-state index >= 15 is 0 Å². The molecule has 21 heavy (non-hydrogen) atoms. The molecule has 0 bridgehead atoms. The van der Waals surface area contributed by atoms with Gasteiger partial charge in [-0.2, -0.15) is 0 Å². The molecule has 5 heteroatoms. The van der Waals surface area contributed by atoms with Crippen LogP contribution in [0.1, 0.15) is 24.5 Å². The van der Waals surface area contributed by atoms with Crippen molar-refractivity contribution >= 4 is 15.9 Å². The molecule has 0 aliphatic heterocycles. The number of aromatic nitrogens is 2. The van der Waals surface area contributed by atoms with E-state index < -0.39 is 0 Å². The third-order valence-corrected chi connectivity index (χ3v) is 3.71. The first kappa shape index (κ1) is 16.0. The predicted molar refractivity (Wildman–Crippen MR) is 88.6 cm³/mol. The Kier molecular flexibility index (Phi) is 6.26. The number of rotatable bonds is 8. The van der Waals surface area contributed by atoms with Gasteiger partial charge in [0, 0.05) is 35.5 Å². The molecule has 2 rings (SSSR count). The van der Waals surface area contributed by atoms with E-state index in [1.165, 1.54) is 11.1 Å². The van der Waals surface area contributed by atoms with Gasteiger partial charge in [0.15, 0.2) is 0 Å². The molecule has 114 valence electrons. The average Bonchev–Trinajstić information content (AvgIpc) is 2.96. The molecule has 0 aliphatic rings. The Bertz CT molecular complexity index is 555. The van der Waals surface area contributed by atoms with E-state index in [-0.39, 0.29) is 0 Å².